The molecular formula is C11H19NO. The van der Waals surface area contributed by atoms with Crippen LogP contribution in [0.3, 0.4) is 0 Å². The standard InChI is InChI=1S/C11H19NO/c1-2-10-5-6-11(8-10)4-3-7-12-9-13/h3,7,9-11H,2,4-6,8H2,1H3,(H,12,13)/b7-3-. The second-order valence-electron chi connectivity index (χ2n) is 3.88. The first-order chi connectivity index (χ1) is 6.36. The van der Waals surface area contributed by atoms with Gasteiger partial charge in [-0.1, -0.05) is 25.8 Å². The maximum Gasteiger partial charge on any atom is 0.211 e. The van der Waals surface area contributed by atoms with Gasteiger partial charge in [0.1, 0.15) is 0 Å². The Labute approximate surface area is 80.4 Å². The summed E-state index contributed by atoms with van der Waals surface area (Å²) in [5.74, 6) is 1.81. The second-order valence-corrected chi connectivity index (χ2v) is 3.88. The molecule has 1 aliphatic rings. The van der Waals surface area contributed by atoms with Gasteiger partial charge in [-0.15, -0.1) is 0 Å². The summed E-state index contributed by atoms with van der Waals surface area (Å²) in [6.07, 6.45) is 11.1. The number of hydrogen-bond acceptors (Lipinski definition) is 1. The molecule has 1 rings (SSSR count). The third-order valence-electron chi connectivity index (χ3n) is 2.98. The molecule has 0 spiro atoms. The number of carbonyl (C=O) groups is 1. The van der Waals surface area contributed by atoms with Crippen LogP contribution in [0.15, 0.2) is 12.3 Å². The van der Waals surface area contributed by atoms with E-state index < -0.39 is 0 Å². The molecule has 1 N–H and O–H groups in total. The molecule has 0 aromatic heterocycles. The van der Waals surface area contributed by atoms with Crippen molar-refractivity contribution in [3.8, 4) is 0 Å². The molecule has 13 heavy (non-hydrogen) atoms. The zero-order chi connectivity index (χ0) is 9.52. The Kier molecular flexibility index (Phi) is 4.58. The van der Waals surface area contributed by atoms with E-state index in [0.717, 1.165) is 18.3 Å². The Morgan fingerprint density at radius 3 is 2.77 bits per heavy atom. The normalized spacial score (nSPS) is 28.1. The van der Waals surface area contributed by atoms with Crippen molar-refractivity contribution in [1.29, 1.82) is 0 Å². The van der Waals surface area contributed by atoms with E-state index in [4.69, 9.17) is 0 Å². The highest BCUT2D eigenvalue weighted by Crippen LogP contribution is 2.34. The van der Waals surface area contributed by atoms with Crippen molar-refractivity contribution in [2.45, 2.75) is 39.0 Å². The minimum Gasteiger partial charge on any atom is -0.336 e. The van der Waals surface area contributed by atoms with E-state index in [1.165, 1.54) is 25.7 Å². The summed E-state index contributed by atoms with van der Waals surface area (Å²) < 4.78 is 0. The second kappa shape index (κ2) is 5.79. The molecule has 2 atom stereocenters. The van der Waals surface area contributed by atoms with E-state index in [-0.39, 0.29) is 0 Å². The van der Waals surface area contributed by atoms with Gasteiger partial charge in [-0.05, 0) is 37.3 Å². The molecule has 2 unspecified atom stereocenters. The average molecular weight is 181 g/mol. The van der Waals surface area contributed by atoms with Crippen molar-refractivity contribution in [1.82, 2.24) is 5.32 Å². The molecule has 0 saturated heterocycles. The van der Waals surface area contributed by atoms with Crippen LogP contribution in [-0.4, -0.2) is 6.41 Å². The fraction of sp³-hybridized carbons (Fsp3) is 0.727. The highest BCUT2D eigenvalue weighted by Gasteiger charge is 2.21. The van der Waals surface area contributed by atoms with Crippen molar-refractivity contribution in [3.05, 3.63) is 12.3 Å². The Balaban J connectivity index is 2.13. The molecule has 1 saturated carbocycles. The minimum absolute atomic E-state index is 0.708. The highest BCUT2D eigenvalue weighted by atomic mass is 16.1. The topological polar surface area (TPSA) is 29.1 Å². The quantitative estimate of drug-likeness (QED) is 0.648. The van der Waals surface area contributed by atoms with Crippen LogP contribution >= 0.6 is 0 Å². The van der Waals surface area contributed by atoms with Crippen LogP contribution < -0.4 is 5.32 Å². The van der Waals surface area contributed by atoms with Crippen molar-refractivity contribution in [2.75, 3.05) is 0 Å². The molecule has 1 aliphatic carbocycles. The number of rotatable bonds is 5. The van der Waals surface area contributed by atoms with Crippen LogP contribution in [0.5, 0.6) is 0 Å². The maximum absolute atomic E-state index is 9.94. The summed E-state index contributed by atoms with van der Waals surface area (Å²) in [7, 11) is 0. The summed E-state index contributed by atoms with van der Waals surface area (Å²) in [4.78, 5) is 9.94. The molecular weight excluding hydrogens is 162 g/mol. The molecule has 0 radical (unpaired) electrons. The van der Waals surface area contributed by atoms with Gasteiger partial charge < -0.3 is 5.32 Å². The van der Waals surface area contributed by atoms with Gasteiger partial charge in [0.25, 0.3) is 0 Å². The van der Waals surface area contributed by atoms with Gasteiger partial charge in [-0.2, -0.15) is 0 Å². The maximum atomic E-state index is 9.94. The molecule has 2 heteroatoms. The van der Waals surface area contributed by atoms with E-state index in [1.54, 1.807) is 6.20 Å². The van der Waals surface area contributed by atoms with Crippen LogP contribution in [-0.2, 0) is 4.79 Å². The molecule has 1 fully saturated rings. The lowest BCUT2D eigenvalue weighted by Gasteiger charge is -2.06. The first-order valence-corrected chi connectivity index (χ1v) is 5.21. The molecule has 74 valence electrons. The number of nitrogens with one attached hydrogen (secondary N) is 1. The molecule has 0 heterocycles. The van der Waals surface area contributed by atoms with Gasteiger partial charge in [0.05, 0.1) is 0 Å². The molecule has 2 nitrogen and oxygen atoms in total. The summed E-state index contributed by atoms with van der Waals surface area (Å²) in [5.41, 5.74) is 0. The summed E-state index contributed by atoms with van der Waals surface area (Å²) in [5, 5.41) is 2.54. The summed E-state index contributed by atoms with van der Waals surface area (Å²) in [6.45, 7) is 2.27. The van der Waals surface area contributed by atoms with Crippen LogP contribution in [0.1, 0.15) is 39.0 Å². The number of carbonyl (C=O) groups excluding carboxylic acids is 1. The summed E-state index contributed by atoms with van der Waals surface area (Å²) in [6, 6.07) is 0. The average Bonchev–Trinajstić information content (AvgIpc) is 2.60. The summed E-state index contributed by atoms with van der Waals surface area (Å²) >= 11 is 0. The van der Waals surface area contributed by atoms with E-state index in [9.17, 15) is 4.79 Å². The van der Waals surface area contributed by atoms with Crippen LogP contribution in [0.4, 0.5) is 0 Å². The highest BCUT2D eigenvalue weighted by molar-refractivity contribution is 5.47. The van der Waals surface area contributed by atoms with Crippen LogP contribution in [0.25, 0.3) is 0 Å². The van der Waals surface area contributed by atoms with E-state index in [1.807, 2.05) is 0 Å². The smallest absolute Gasteiger partial charge is 0.211 e. The molecule has 1 amide bonds. The van der Waals surface area contributed by atoms with Crippen molar-refractivity contribution < 1.29 is 4.79 Å². The SMILES string of the molecule is CCC1CCC(C/C=C\NC=O)C1. The molecule has 0 aliphatic heterocycles. The lowest BCUT2D eigenvalue weighted by molar-refractivity contribution is -0.108. The van der Waals surface area contributed by atoms with E-state index in [0.29, 0.717) is 6.41 Å². The lowest BCUT2D eigenvalue weighted by atomic mass is 10.0. The van der Waals surface area contributed by atoms with E-state index >= 15 is 0 Å². The minimum atomic E-state index is 0.708. The predicted molar refractivity (Wildman–Crippen MR) is 54.1 cm³/mol. The van der Waals surface area contributed by atoms with Crippen molar-refractivity contribution in [2.24, 2.45) is 11.8 Å². The third-order valence-corrected chi connectivity index (χ3v) is 2.98. The fourth-order valence-electron chi connectivity index (χ4n) is 2.13. The number of hydrogen-bond donors (Lipinski definition) is 1. The Hall–Kier alpha value is -0.790. The van der Waals surface area contributed by atoms with Gasteiger partial charge >= 0.3 is 0 Å². The fourth-order valence-corrected chi connectivity index (χ4v) is 2.13. The van der Waals surface area contributed by atoms with Crippen LogP contribution in [0, 0.1) is 11.8 Å². The van der Waals surface area contributed by atoms with Crippen LogP contribution in [0.2, 0.25) is 0 Å². The van der Waals surface area contributed by atoms with Gasteiger partial charge in [-0.3, -0.25) is 4.79 Å². The predicted octanol–water partition coefficient (Wildman–Crippen LogP) is 2.46. The lowest BCUT2D eigenvalue weighted by Crippen LogP contribution is -1.99. The van der Waals surface area contributed by atoms with Gasteiger partial charge in [-0.25, -0.2) is 0 Å². The van der Waals surface area contributed by atoms with Gasteiger partial charge in [0.2, 0.25) is 6.41 Å². The van der Waals surface area contributed by atoms with Gasteiger partial charge in [0, 0.05) is 0 Å². The first-order valence-electron chi connectivity index (χ1n) is 5.21. The van der Waals surface area contributed by atoms with Crippen molar-refractivity contribution >= 4 is 6.41 Å². The number of amides is 1. The Morgan fingerprint density at radius 1 is 1.38 bits per heavy atom. The largest absolute Gasteiger partial charge is 0.336 e. The number of allylic oxidation sites excluding steroid dienone is 1. The van der Waals surface area contributed by atoms with Crippen molar-refractivity contribution in [3.63, 3.8) is 0 Å². The first kappa shape index (κ1) is 10.3. The van der Waals surface area contributed by atoms with E-state index in [2.05, 4.69) is 18.3 Å². The van der Waals surface area contributed by atoms with Gasteiger partial charge in [0.15, 0.2) is 0 Å². The monoisotopic (exact) mass is 181 g/mol. The zero-order valence-electron chi connectivity index (χ0n) is 8.33. The molecule has 0 aromatic rings. The Bertz CT molecular complexity index is 177. The molecule has 0 aromatic carbocycles. The zero-order valence-corrected chi connectivity index (χ0v) is 8.33. The molecule has 0 bridgehead atoms. The third kappa shape index (κ3) is 3.62. The Morgan fingerprint density at radius 2 is 2.15 bits per heavy atom.